The van der Waals surface area contributed by atoms with Gasteiger partial charge in [0.2, 0.25) is 0 Å². The van der Waals surface area contributed by atoms with Crippen molar-refractivity contribution in [2.75, 3.05) is 0 Å². The summed E-state index contributed by atoms with van der Waals surface area (Å²) in [6, 6.07) is 0. The highest BCUT2D eigenvalue weighted by Crippen LogP contribution is 2.26. The molecule has 3 nitrogen and oxygen atoms in total. The summed E-state index contributed by atoms with van der Waals surface area (Å²) >= 11 is 0. The number of carbonyl (C=O) groups excluding carboxylic acids is 1. The van der Waals surface area contributed by atoms with Crippen molar-refractivity contribution in [1.82, 2.24) is 4.98 Å². The van der Waals surface area contributed by atoms with Crippen LogP contribution in [0.5, 0.6) is 0 Å². The number of carbonyl (C=O) groups is 1. The second-order valence-electron chi connectivity index (χ2n) is 2.82. The third kappa shape index (κ3) is 1.77. The van der Waals surface area contributed by atoms with E-state index in [4.69, 9.17) is 5.73 Å². The zero-order chi connectivity index (χ0) is 10.7. The minimum absolute atomic E-state index is 0.0744. The maximum atomic E-state index is 12.6. The number of hydrogen-bond acceptors (Lipinski definition) is 3. The Morgan fingerprint density at radius 1 is 1.64 bits per heavy atom. The van der Waals surface area contributed by atoms with Gasteiger partial charge >= 0.3 is 0 Å². The van der Waals surface area contributed by atoms with E-state index in [1.165, 1.54) is 6.92 Å². The van der Waals surface area contributed by atoms with Crippen molar-refractivity contribution in [2.24, 2.45) is 5.73 Å². The number of pyridine rings is 1. The second kappa shape index (κ2) is 4.23. The molecule has 0 atom stereocenters. The number of nitrogens with two attached hydrogens (primary N) is 1. The van der Waals surface area contributed by atoms with Crippen LogP contribution in [0, 0.1) is 6.92 Å². The summed E-state index contributed by atoms with van der Waals surface area (Å²) in [6.07, 6.45) is -1.17. The van der Waals surface area contributed by atoms with Crippen molar-refractivity contribution in [1.29, 1.82) is 0 Å². The first-order valence-corrected chi connectivity index (χ1v) is 4.03. The van der Waals surface area contributed by atoms with E-state index < -0.39 is 6.43 Å². The van der Waals surface area contributed by atoms with E-state index >= 15 is 0 Å². The predicted molar refractivity (Wildman–Crippen MR) is 47.2 cm³/mol. The molecule has 0 aliphatic heterocycles. The number of hydrogen-bond donors (Lipinski definition) is 1. The highest BCUT2D eigenvalue weighted by atomic mass is 19.3. The molecule has 0 saturated heterocycles. The van der Waals surface area contributed by atoms with Gasteiger partial charge in [-0.1, -0.05) is 0 Å². The summed E-state index contributed by atoms with van der Waals surface area (Å²) in [5.74, 6) is 0. The van der Waals surface area contributed by atoms with Gasteiger partial charge in [0.1, 0.15) is 0 Å². The molecule has 1 aromatic rings. The monoisotopic (exact) mass is 200 g/mol. The van der Waals surface area contributed by atoms with Crippen molar-refractivity contribution in [3.05, 3.63) is 28.6 Å². The van der Waals surface area contributed by atoms with Crippen LogP contribution in [0.1, 0.15) is 33.6 Å². The second-order valence-corrected chi connectivity index (χ2v) is 2.82. The van der Waals surface area contributed by atoms with E-state index in [1.54, 1.807) is 0 Å². The quantitative estimate of drug-likeness (QED) is 0.754. The number of nitrogens with zero attached hydrogens (tertiary/aromatic N) is 1. The summed E-state index contributed by atoms with van der Waals surface area (Å²) in [5, 5.41) is 0. The number of rotatable bonds is 3. The molecule has 0 spiro atoms. The van der Waals surface area contributed by atoms with Gasteiger partial charge in [-0.05, 0) is 12.5 Å². The first kappa shape index (κ1) is 10.7. The lowest BCUT2D eigenvalue weighted by Gasteiger charge is -2.10. The average molecular weight is 200 g/mol. The summed E-state index contributed by atoms with van der Waals surface area (Å²) in [6.45, 7) is 1.58. The van der Waals surface area contributed by atoms with Crippen LogP contribution in [-0.4, -0.2) is 11.3 Å². The molecule has 0 aliphatic rings. The molecule has 0 saturated carbocycles. The minimum atomic E-state index is -2.68. The zero-order valence-electron chi connectivity index (χ0n) is 7.63. The summed E-state index contributed by atoms with van der Waals surface area (Å²) < 4.78 is 25.1. The smallest absolute Gasteiger partial charge is 0.264 e. The topological polar surface area (TPSA) is 56.0 Å². The van der Waals surface area contributed by atoms with Crippen molar-refractivity contribution in [3.63, 3.8) is 0 Å². The Labute approximate surface area is 79.9 Å². The van der Waals surface area contributed by atoms with Crippen molar-refractivity contribution < 1.29 is 13.6 Å². The molecule has 0 aromatic carbocycles. The van der Waals surface area contributed by atoms with Crippen LogP contribution in [0.25, 0.3) is 0 Å². The predicted octanol–water partition coefficient (Wildman–Crippen LogP) is 1.60. The Balaban J connectivity index is 3.38. The Morgan fingerprint density at radius 2 is 2.29 bits per heavy atom. The normalized spacial score (nSPS) is 10.6. The van der Waals surface area contributed by atoms with Gasteiger partial charge in [0.15, 0.2) is 6.29 Å². The maximum absolute atomic E-state index is 12.6. The number of alkyl halides is 2. The Kier molecular flexibility index (Phi) is 3.24. The van der Waals surface area contributed by atoms with Crippen LogP contribution in [-0.2, 0) is 6.54 Å². The standard InChI is InChI=1S/C9H10F2N2O/c1-5-7(2-12)13-3-6(4-14)8(5)9(10)11/h3-4,9H,2,12H2,1H3. The highest BCUT2D eigenvalue weighted by molar-refractivity contribution is 5.77. The molecule has 0 fully saturated rings. The fraction of sp³-hybridized carbons (Fsp3) is 0.333. The Morgan fingerprint density at radius 3 is 2.71 bits per heavy atom. The molecular weight excluding hydrogens is 190 g/mol. The molecule has 2 N–H and O–H groups in total. The van der Waals surface area contributed by atoms with Crippen molar-refractivity contribution in [2.45, 2.75) is 19.9 Å². The van der Waals surface area contributed by atoms with E-state index in [0.717, 1.165) is 6.20 Å². The summed E-state index contributed by atoms with van der Waals surface area (Å²) in [4.78, 5) is 14.3. The minimum Gasteiger partial charge on any atom is -0.325 e. The van der Waals surface area contributed by atoms with Gasteiger partial charge in [0.05, 0.1) is 5.69 Å². The molecule has 0 unspecified atom stereocenters. The average Bonchev–Trinajstić information content (AvgIpc) is 2.16. The van der Waals surface area contributed by atoms with Gasteiger partial charge in [0.25, 0.3) is 6.43 Å². The fourth-order valence-electron chi connectivity index (χ4n) is 1.28. The van der Waals surface area contributed by atoms with Gasteiger partial charge in [-0.15, -0.1) is 0 Å². The van der Waals surface area contributed by atoms with E-state index in [0.29, 0.717) is 17.5 Å². The molecule has 14 heavy (non-hydrogen) atoms. The number of aldehydes is 1. The van der Waals surface area contributed by atoms with Gasteiger partial charge in [-0.3, -0.25) is 9.78 Å². The van der Waals surface area contributed by atoms with Gasteiger partial charge in [-0.25, -0.2) is 8.78 Å². The lowest BCUT2D eigenvalue weighted by Crippen LogP contribution is -2.08. The molecule has 0 aliphatic carbocycles. The van der Waals surface area contributed by atoms with Crippen LogP contribution >= 0.6 is 0 Å². The van der Waals surface area contributed by atoms with Crippen LogP contribution < -0.4 is 5.73 Å². The molecule has 0 amide bonds. The van der Waals surface area contributed by atoms with E-state index in [2.05, 4.69) is 4.98 Å². The molecule has 1 rings (SSSR count). The summed E-state index contributed by atoms with van der Waals surface area (Å²) in [7, 11) is 0. The number of aromatic nitrogens is 1. The number of halogens is 2. The third-order valence-electron chi connectivity index (χ3n) is 2.05. The largest absolute Gasteiger partial charge is 0.325 e. The molecule has 0 bridgehead atoms. The van der Waals surface area contributed by atoms with Gasteiger partial charge in [0, 0.05) is 23.9 Å². The van der Waals surface area contributed by atoms with Gasteiger partial charge < -0.3 is 5.73 Å². The highest BCUT2D eigenvalue weighted by Gasteiger charge is 2.18. The van der Waals surface area contributed by atoms with Crippen molar-refractivity contribution >= 4 is 6.29 Å². The van der Waals surface area contributed by atoms with Crippen LogP contribution in [0.2, 0.25) is 0 Å². The lowest BCUT2D eigenvalue weighted by molar-refractivity contribution is 0.110. The van der Waals surface area contributed by atoms with Crippen LogP contribution in [0.4, 0.5) is 8.78 Å². The van der Waals surface area contributed by atoms with Crippen molar-refractivity contribution in [3.8, 4) is 0 Å². The molecule has 1 aromatic heterocycles. The Bertz CT molecular complexity index is 353. The lowest BCUT2D eigenvalue weighted by atomic mass is 10.0. The SMILES string of the molecule is Cc1c(CN)ncc(C=O)c1C(F)F. The van der Waals surface area contributed by atoms with E-state index in [1.807, 2.05) is 0 Å². The first-order chi connectivity index (χ1) is 6.61. The van der Waals surface area contributed by atoms with E-state index in [-0.39, 0.29) is 17.7 Å². The maximum Gasteiger partial charge on any atom is 0.264 e. The molecular formula is C9H10F2N2O. The molecule has 1 heterocycles. The summed E-state index contributed by atoms with van der Waals surface area (Å²) in [5.41, 5.74) is 5.67. The molecule has 76 valence electrons. The third-order valence-corrected chi connectivity index (χ3v) is 2.05. The van der Waals surface area contributed by atoms with E-state index in [9.17, 15) is 13.6 Å². The van der Waals surface area contributed by atoms with Gasteiger partial charge in [-0.2, -0.15) is 0 Å². The first-order valence-electron chi connectivity index (χ1n) is 4.03. The fourth-order valence-corrected chi connectivity index (χ4v) is 1.28. The molecule has 5 heteroatoms. The Hall–Kier alpha value is -1.36. The molecule has 0 radical (unpaired) electrons. The van der Waals surface area contributed by atoms with Crippen LogP contribution in [0.15, 0.2) is 6.20 Å². The zero-order valence-corrected chi connectivity index (χ0v) is 7.63. The van der Waals surface area contributed by atoms with Crippen LogP contribution in [0.3, 0.4) is 0 Å².